The third-order valence-corrected chi connectivity index (χ3v) is 5.69. The van der Waals surface area contributed by atoms with Crippen LogP contribution in [0.3, 0.4) is 0 Å². The highest BCUT2D eigenvalue weighted by Gasteiger charge is 2.48. The van der Waals surface area contributed by atoms with Gasteiger partial charge in [-0.25, -0.2) is 0 Å². The maximum Gasteiger partial charge on any atom is 0.0780 e. The van der Waals surface area contributed by atoms with E-state index in [2.05, 4.69) is 41.2 Å². The van der Waals surface area contributed by atoms with Gasteiger partial charge in [0.25, 0.3) is 0 Å². The zero-order chi connectivity index (χ0) is 15.6. The Balaban J connectivity index is 3.01. The van der Waals surface area contributed by atoms with E-state index in [1.54, 1.807) is 0 Å². The predicted octanol–water partition coefficient (Wildman–Crippen LogP) is 6.27. The molecule has 1 aliphatic rings. The van der Waals surface area contributed by atoms with Gasteiger partial charge in [0.1, 0.15) is 0 Å². The smallest absolute Gasteiger partial charge is 0.0780 e. The maximum atomic E-state index is 9.11. The van der Waals surface area contributed by atoms with Crippen molar-refractivity contribution >= 4 is 0 Å². The van der Waals surface area contributed by atoms with Gasteiger partial charge in [-0.05, 0) is 67.3 Å². The van der Waals surface area contributed by atoms with Crippen molar-refractivity contribution in [2.45, 2.75) is 73.6 Å². The number of rotatable bonds is 4. The Morgan fingerprint density at radius 2 is 2.05 bits per heavy atom. The van der Waals surface area contributed by atoms with Crippen molar-refractivity contribution in [2.75, 3.05) is 0 Å². The normalized spacial score (nSPS) is 32.5. The van der Waals surface area contributed by atoms with E-state index in [1.807, 2.05) is 6.92 Å². The minimum atomic E-state index is 0.337. The summed E-state index contributed by atoms with van der Waals surface area (Å²) in [6.07, 6.45) is 7.02. The average Bonchev–Trinajstić information content (AvgIpc) is 2.36. The molecule has 1 saturated carbocycles. The molecular weight excluding hydrogens is 244 g/mol. The molecule has 1 heteroatoms. The van der Waals surface area contributed by atoms with Crippen LogP contribution in [0.5, 0.6) is 0 Å². The fourth-order valence-electron chi connectivity index (χ4n) is 4.43. The van der Waals surface area contributed by atoms with Crippen LogP contribution >= 0.6 is 0 Å². The molecule has 0 bridgehead atoms. The van der Waals surface area contributed by atoms with Gasteiger partial charge in [0.2, 0.25) is 0 Å². The number of hydrogen-bond acceptors (Lipinski definition) is 1. The first-order valence-electron chi connectivity index (χ1n) is 8.14. The fraction of sp³-hybridized carbons (Fsp3) is 0.789. The van der Waals surface area contributed by atoms with Crippen molar-refractivity contribution in [1.82, 2.24) is 0 Å². The lowest BCUT2D eigenvalue weighted by Gasteiger charge is -2.53. The van der Waals surface area contributed by atoms with E-state index in [0.29, 0.717) is 16.7 Å². The summed E-state index contributed by atoms with van der Waals surface area (Å²) in [5, 5.41) is 9.11. The minimum Gasteiger partial charge on any atom is -0.516 e. The average molecular weight is 278 g/mol. The molecule has 20 heavy (non-hydrogen) atoms. The van der Waals surface area contributed by atoms with Crippen LogP contribution in [0, 0.1) is 22.7 Å². The first-order chi connectivity index (χ1) is 9.16. The third kappa shape index (κ3) is 3.48. The molecule has 3 atom stereocenters. The molecule has 1 aliphatic carbocycles. The van der Waals surface area contributed by atoms with Crippen LogP contribution < -0.4 is 0 Å². The van der Waals surface area contributed by atoms with Gasteiger partial charge in [-0.1, -0.05) is 46.8 Å². The molecule has 1 N–H and O–H groups in total. The van der Waals surface area contributed by atoms with Crippen LogP contribution in [0.1, 0.15) is 73.6 Å². The number of hydrogen-bond donors (Lipinski definition) is 1. The summed E-state index contributed by atoms with van der Waals surface area (Å²) >= 11 is 0. The molecule has 0 heterocycles. The number of aliphatic hydroxyl groups excluding tert-OH is 1. The summed E-state index contributed by atoms with van der Waals surface area (Å²) in [6, 6.07) is 0. The molecule has 0 saturated heterocycles. The molecule has 0 radical (unpaired) electrons. The first kappa shape index (κ1) is 17.3. The molecule has 0 aliphatic heterocycles. The van der Waals surface area contributed by atoms with E-state index in [4.69, 9.17) is 5.11 Å². The Morgan fingerprint density at radius 1 is 1.45 bits per heavy atom. The molecule has 0 aromatic carbocycles. The van der Waals surface area contributed by atoms with Gasteiger partial charge in [0.05, 0.1) is 6.26 Å². The molecule has 0 spiro atoms. The van der Waals surface area contributed by atoms with Crippen molar-refractivity contribution in [3.63, 3.8) is 0 Å². The minimum absolute atomic E-state index is 0.337. The van der Waals surface area contributed by atoms with Crippen molar-refractivity contribution in [3.05, 3.63) is 24.0 Å². The summed E-state index contributed by atoms with van der Waals surface area (Å²) in [6.45, 7) is 18.3. The summed E-state index contributed by atoms with van der Waals surface area (Å²) in [4.78, 5) is 0. The van der Waals surface area contributed by atoms with Gasteiger partial charge < -0.3 is 5.11 Å². The van der Waals surface area contributed by atoms with E-state index in [1.165, 1.54) is 31.1 Å². The van der Waals surface area contributed by atoms with Crippen LogP contribution in [-0.4, -0.2) is 5.11 Å². The Hall–Kier alpha value is -0.720. The second kappa shape index (κ2) is 6.37. The second-order valence-corrected chi connectivity index (χ2v) is 8.04. The molecule has 116 valence electrons. The van der Waals surface area contributed by atoms with Crippen molar-refractivity contribution in [1.29, 1.82) is 0 Å². The predicted molar refractivity (Wildman–Crippen MR) is 88.8 cm³/mol. The number of aliphatic hydroxyl groups is 1. The van der Waals surface area contributed by atoms with E-state index in [9.17, 15) is 0 Å². The van der Waals surface area contributed by atoms with Gasteiger partial charge in [0.15, 0.2) is 0 Å². The van der Waals surface area contributed by atoms with E-state index in [0.717, 1.165) is 24.3 Å². The van der Waals surface area contributed by atoms with Crippen molar-refractivity contribution in [3.8, 4) is 0 Å². The highest BCUT2D eigenvalue weighted by molar-refractivity contribution is 5.14. The SMILES string of the molecule is C=C1CCC(C(C)(C)C)[C@](C)(CC)[C@H]1CC/C(C)=C\O. The Bertz CT molecular complexity index is 372. The van der Waals surface area contributed by atoms with Crippen LogP contribution in [0.25, 0.3) is 0 Å². The molecule has 0 aromatic heterocycles. The third-order valence-electron chi connectivity index (χ3n) is 5.69. The van der Waals surface area contributed by atoms with Crippen molar-refractivity contribution < 1.29 is 5.11 Å². The summed E-state index contributed by atoms with van der Waals surface area (Å²) in [5.74, 6) is 1.33. The lowest BCUT2D eigenvalue weighted by molar-refractivity contribution is -0.00457. The van der Waals surface area contributed by atoms with E-state index >= 15 is 0 Å². The Labute approximate surface area is 126 Å². The van der Waals surface area contributed by atoms with Gasteiger partial charge in [0, 0.05) is 0 Å². The topological polar surface area (TPSA) is 20.2 Å². The maximum absolute atomic E-state index is 9.11. The quantitative estimate of drug-likeness (QED) is 0.474. The number of allylic oxidation sites excluding steroid dienone is 2. The van der Waals surface area contributed by atoms with Crippen LogP contribution in [-0.2, 0) is 0 Å². The largest absolute Gasteiger partial charge is 0.516 e. The summed E-state index contributed by atoms with van der Waals surface area (Å²) in [7, 11) is 0. The van der Waals surface area contributed by atoms with Crippen LogP contribution in [0.15, 0.2) is 24.0 Å². The zero-order valence-electron chi connectivity index (χ0n) is 14.4. The van der Waals surface area contributed by atoms with Crippen LogP contribution in [0.4, 0.5) is 0 Å². The lowest BCUT2D eigenvalue weighted by atomic mass is 9.51. The molecular formula is C19H34O. The van der Waals surface area contributed by atoms with E-state index < -0.39 is 0 Å². The first-order valence-corrected chi connectivity index (χ1v) is 8.14. The molecule has 1 unspecified atom stereocenters. The fourth-order valence-corrected chi connectivity index (χ4v) is 4.43. The molecule has 0 amide bonds. The lowest BCUT2D eigenvalue weighted by Crippen LogP contribution is -2.45. The van der Waals surface area contributed by atoms with Gasteiger partial charge in [-0.3, -0.25) is 0 Å². The Morgan fingerprint density at radius 3 is 2.50 bits per heavy atom. The highest BCUT2D eigenvalue weighted by atomic mass is 16.2. The zero-order valence-corrected chi connectivity index (χ0v) is 14.4. The Kier molecular flexibility index (Phi) is 5.52. The summed E-state index contributed by atoms with van der Waals surface area (Å²) in [5.41, 5.74) is 3.20. The van der Waals surface area contributed by atoms with Crippen LogP contribution in [0.2, 0.25) is 0 Å². The van der Waals surface area contributed by atoms with Gasteiger partial charge in [-0.15, -0.1) is 0 Å². The molecule has 0 aromatic rings. The standard InChI is InChI=1S/C19H34O/c1-8-19(7)16(11-9-14(2)13-20)15(3)10-12-17(19)18(4,5)6/h13,16-17,20H,3,8-12H2,1-2,4-7H3/b14-13-/t16-,17?,19+/m0/s1. The second-order valence-electron chi connectivity index (χ2n) is 8.04. The van der Waals surface area contributed by atoms with Crippen molar-refractivity contribution in [2.24, 2.45) is 22.7 Å². The van der Waals surface area contributed by atoms with Gasteiger partial charge in [-0.2, -0.15) is 0 Å². The molecule has 1 nitrogen and oxygen atoms in total. The van der Waals surface area contributed by atoms with E-state index in [-0.39, 0.29) is 0 Å². The highest BCUT2D eigenvalue weighted by Crippen LogP contribution is 2.57. The van der Waals surface area contributed by atoms with Gasteiger partial charge >= 0.3 is 0 Å². The monoisotopic (exact) mass is 278 g/mol. The summed E-state index contributed by atoms with van der Waals surface area (Å²) < 4.78 is 0. The molecule has 1 fully saturated rings. The molecule has 1 rings (SSSR count).